The van der Waals surface area contributed by atoms with Crippen LogP contribution in [0.4, 0.5) is 0 Å². The van der Waals surface area contributed by atoms with E-state index in [1.807, 2.05) is 12.1 Å². The average molecular weight is 399 g/mol. The van der Waals surface area contributed by atoms with Crippen LogP contribution in [0.15, 0.2) is 72.8 Å². The van der Waals surface area contributed by atoms with E-state index in [0.717, 1.165) is 11.1 Å². The molecule has 0 fully saturated rings. The lowest BCUT2D eigenvalue weighted by Crippen LogP contribution is -2.12. The highest BCUT2D eigenvalue weighted by Crippen LogP contribution is 2.35. The summed E-state index contributed by atoms with van der Waals surface area (Å²) in [7, 11) is 0. The van der Waals surface area contributed by atoms with E-state index in [2.05, 4.69) is 25.8 Å². The van der Waals surface area contributed by atoms with E-state index < -0.39 is 5.97 Å². The van der Waals surface area contributed by atoms with Crippen molar-refractivity contribution in [1.29, 1.82) is 0 Å². The highest BCUT2D eigenvalue weighted by molar-refractivity contribution is 6.14. The molecule has 5 nitrogen and oxygen atoms in total. The number of benzene rings is 2. The van der Waals surface area contributed by atoms with Gasteiger partial charge in [0.15, 0.2) is 5.76 Å². The number of carbonyl (C=O) groups is 2. The number of aromatic nitrogens is 1. The van der Waals surface area contributed by atoms with Gasteiger partial charge < -0.3 is 9.47 Å². The molecule has 0 radical (unpaired) electrons. The molecule has 0 saturated carbocycles. The Labute approximate surface area is 175 Å². The molecule has 0 atom stereocenters. The molecule has 1 aromatic heterocycles. The van der Waals surface area contributed by atoms with Crippen molar-refractivity contribution in [2.75, 3.05) is 0 Å². The minimum absolute atomic E-state index is 0.00772. The van der Waals surface area contributed by atoms with Crippen LogP contribution >= 0.6 is 0 Å². The first-order valence-corrected chi connectivity index (χ1v) is 9.62. The highest BCUT2D eigenvalue weighted by atomic mass is 16.5. The fourth-order valence-electron chi connectivity index (χ4n) is 3.11. The van der Waals surface area contributed by atoms with Gasteiger partial charge in [0, 0.05) is 18.5 Å². The van der Waals surface area contributed by atoms with Crippen LogP contribution in [-0.2, 0) is 5.41 Å². The summed E-state index contributed by atoms with van der Waals surface area (Å²) in [6, 6.07) is 15.7. The van der Waals surface area contributed by atoms with Crippen LogP contribution in [-0.4, -0.2) is 16.7 Å². The summed E-state index contributed by atoms with van der Waals surface area (Å²) < 4.78 is 11.2. The topological polar surface area (TPSA) is 65.5 Å². The summed E-state index contributed by atoms with van der Waals surface area (Å²) >= 11 is 0. The molecule has 1 aliphatic rings. The fraction of sp³-hybridized carbons (Fsp3) is 0.160. The summed E-state index contributed by atoms with van der Waals surface area (Å²) in [5.41, 5.74) is 2.85. The molecule has 0 N–H and O–H groups in total. The minimum Gasteiger partial charge on any atom is -0.452 e. The van der Waals surface area contributed by atoms with Gasteiger partial charge in [-0.25, -0.2) is 4.79 Å². The molecule has 0 aliphatic carbocycles. The Bertz CT molecular complexity index is 1140. The van der Waals surface area contributed by atoms with Crippen LogP contribution < -0.4 is 9.47 Å². The van der Waals surface area contributed by atoms with Gasteiger partial charge >= 0.3 is 5.97 Å². The second kappa shape index (κ2) is 7.59. The third-order valence-electron chi connectivity index (χ3n) is 4.84. The molecular weight excluding hydrogens is 378 g/mol. The Kier molecular flexibility index (Phi) is 4.96. The zero-order chi connectivity index (χ0) is 21.3. The Morgan fingerprint density at radius 3 is 2.37 bits per heavy atom. The first-order valence-electron chi connectivity index (χ1n) is 9.62. The number of allylic oxidation sites excluding steroid dienone is 1. The van der Waals surface area contributed by atoms with Gasteiger partial charge in [-0.2, -0.15) is 0 Å². The molecule has 3 aromatic rings. The number of nitrogens with zero attached hydrogens (tertiary/aromatic N) is 1. The van der Waals surface area contributed by atoms with Crippen molar-refractivity contribution in [3.8, 4) is 11.5 Å². The number of esters is 1. The van der Waals surface area contributed by atoms with E-state index >= 15 is 0 Å². The van der Waals surface area contributed by atoms with Crippen molar-refractivity contribution < 1.29 is 19.1 Å². The Balaban J connectivity index is 1.51. The van der Waals surface area contributed by atoms with Crippen LogP contribution in [0.5, 0.6) is 11.5 Å². The van der Waals surface area contributed by atoms with E-state index in [9.17, 15) is 9.59 Å². The Hall–Kier alpha value is -3.73. The predicted octanol–water partition coefficient (Wildman–Crippen LogP) is 5.21. The molecule has 5 heteroatoms. The quantitative estimate of drug-likeness (QED) is 0.343. The van der Waals surface area contributed by atoms with E-state index in [1.165, 1.54) is 0 Å². The number of carbonyl (C=O) groups excluding carboxylic acids is 2. The van der Waals surface area contributed by atoms with Gasteiger partial charge in [-0.3, -0.25) is 9.78 Å². The normalized spacial score (nSPS) is 14.4. The zero-order valence-corrected chi connectivity index (χ0v) is 17.0. The molecule has 0 spiro atoms. The van der Waals surface area contributed by atoms with Crippen molar-refractivity contribution in [3.05, 3.63) is 95.0 Å². The summed E-state index contributed by atoms with van der Waals surface area (Å²) in [5.74, 6) is 0.229. The lowest BCUT2D eigenvalue weighted by atomic mass is 9.87. The summed E-state index contributed by atoms with van der Waals surface area (Å²) in [5, 5.41) is 0. The predicted molar refractivity (Wildman–Crippen MR) is 114 cm³/mol. The van der Waals surface area contributed by atoms with Crippen molar-refractivity contribution in [2.24, 2.45) is 0 Å². The highest BCUT2D eigenvalue weighted by Gasteiger charge is 2.28. The van der Waals surface area contributed by atoms with Crippen LogP contribution in [0.3, 0.4) is 0 Å². The molecule has 2 aromatic carbocycles. The van der Waals surface area contributed by atoms with Gasteiger partial charge in [-0.15, -0.1) is 0 Å². The van der Waals surface area contributed by atoms with Crippen LogP contribution in [0.25, 0.3) is 6.08 Å². The molecule has 150 valence electrons. The lowest BCUT2D eigenvalue weighted by Gasteiger charge is -2.18. The van der Waals surface area contributed by atoms with Gasteiger partial charge in [-0.05, 0) is 59.0 Å². The third kappa shape index (κ3) is 4.01. The summed E-state index contributed by atoms with van der Waals surface area (Å²) in [6.07, 6.45) is 4.95. The van der Waals surface area contributed by atoms with Gasteiger partial charge in [-0.1, -0.05) is 32.9 Å². The van der Waals surface area contributed by atoms with Gasteiger partial charge in [0.25, 0.3) is 0 Å². The average Bonchev–Trinajstić information content (AvgIpc) is 3.03. The molecule has 0 saturated heterocycles. The fourth-order valence-corrected chi connectivity index (χ4v) is 3.11. The number of hydrogen-bond donors (Lipinski definition) is 0. The largest absolute Gasteiger partial charge is 0.452 e. The maximum absolute atomic E-state index is 12.6. The number of ketones is 1. The van der Waals surface area contributed by atoms with Crippen LogP contribution in [0, 0.1) is 0 Å². The molecular formula is C25H21NO4. The monoisotopic (exact) mass is 399 g/mol. The SMILES string of the molecule is CC(C)(C)c1ccc(C(=O)Oc2ccc3c(c2)O/C(=C\c2ccncc2)C3=O)cc1. The van der Waals surface area contributed by atoms with Gasteiger partial charge in [0.1, 0.15) is 11.5 Å². The number of hydrogen-bond acceptors (Lipinski definition) is 5. The molecule has 2 heterocycles. The first-order chi connectivity index (χ1) is 14.3. The number of fused-ring (bicyclic) bond motifs is 1. The molecule has 1 aliphatic heterocycles. The van der Waals surface area contributed by atoms with Crippen LogP contribution in [0.2, 0.25) is 0 Å². The van der Waals surface area contributed by atoms with E-state index in [-0.39, 0.29) is 17.0 Å². The van der Waals surface area contributed by atoms with Crippen molar-refractivity contribution in [3.63, 3.8) is 0 Å². The lowest BCUT2D eigenvalue weighted by molar-refractivity contribution is 0.0734. The van der Waals surface area contributed by atoms with Crippen molar-refractivity contribution in [2.45, 2.75) is 26.2 Å². The summed E-state index contributed by atoms with van der Waals surface area (Å²) in [4.78, 5) is 29.0. The number of ether oxygens (including phenoxy) is 2. The van der Waals surface area contributed by atoms with Gasteiger partial charge in [0.05, 0.1) is 11.1 Å². The van der Waals surface area contributed by atoms with Crippen molar-refractivity contribution >= 4 is 17.8 Å². The molecule has 0 amide bonds. The minimum atomic E-state index is -0.465. The standard InChI is InChI=1S/C25H21NO4/c1-25(2,3)18-6-4-17(5-7-18)24(28)29-19-8-9-20-21(15-19)30-22(23(20)27)14-16-10-12-26-13-11-16/h4-15H,1-3H3/b22-14-. The second-order valence-corrected chi connectivity index (χ2v) is 8.10. The molecule has 30 heavy (non-hydrogen) atoms. The van der Waals surface area contributed by atoms with Gasteiger partial charge in [0.2, 0.25) is 5.78 Å². The Morgan fingerprint density at radius 1 is 1.00 bits per heavy atom. The van der Waals surface area contributed by atoms with E-state index in [1.54, 1.807) is 60.9 Å². The molecule has 0 unspecified atom stereocenters. The van der Waals surface area contributed by atoms with E-state index in [4.69, 9.17) is 9.47 Å². The Morgan fingerprint density at radius 2 is 1.70 bits per heavy atom. The van der Waals surface area contributed by atoms with Crippen LogP contribution in [0.1, 0.15) is 52.6 Å². The summed E-state index contributed by atoms with van der Waals surface area (Å²) in [6.45, 7) is 6.34. The second-order valence-electron chi connectivity index (χ2n) is 8.10. The van der Waals surface area contributed by atoms with E-state index in [0.29, 0.717) is 22.6 Å². The zero-order valence-electron chi connectivity index (χ0n) is 17.0. The third-order valence-corrected chi connectivity index (χ3v) is 4.84. The smallest absolute Gasteiger partial charge is 0.343 e. The number of Topliss-reactive ketones (excluding diaryl/α,β-unsaturated/α-hetero) is 1. The first kappa shape index (κ1) is 19.6. The maximum Gasteiger partial charge on any atom is 0.343 e. The number of pyridine rings is 1. The van der Waals surface area contributed by atoms with Crippen molar-refractivity contribution in [1.82, 2.24) is 4.98 Å². The number of rotatable bonds is 3. The molecule has 4 rings (SSSR count). The maximum atomic E-state index is 12.6. The molecule has 0 bridgehead atoms.